The van der Waals surface area contributed by atoms with Crippen molar-refractivity contribution in [2.45, 2.75) is 68.5 Å². The lowest BCUT2D eigenvalue weighted by Crippen LogP contribution is -2.55. The topological polar surface area (TPSA) is 111 Å². The van der Waals surface area contributed by atoms with Gasteiger partial charge in [-0.15, -0.1) is 0 Å². The van der Waals surface area contributed by atoms with E-state index in [2.05, 4.69) is 25.8 Å². The summed E-state index contributed by atoms with van der Waals surface area (Å²) in [5.74, 6) is -1.07. The molecule has 286 valence electrons. The predicted octanol–water partition coefficient (Wildman–Crippen LogP) is 5.43. The monoisotopic (exact) mass is 752 g/mol. The number of nitrogens with zero attached hydrogens (tertiary/aromatic N) is 8. The van der Waals surface area contributed by atoms with Crippen LogP contribution in [0, 0.1) is 23.0 Å². The summed E-state index contributed by atoms with van der Waals surface area (Å²) in [6, 6.07) is 11.5. The Morgan fingerprint density at radius 2 is 1.87 bits per heavy atom. The van der Waals surface area contributed by atoms with E-state index in [1.165, 1.54) is 12.3 Å². The molecule has 5 aliphatic rings. The lowest BCUT2D eigenvalue weighted by molar-refractivity contribution is -0.128. The number of halogens is 3. The predicted molar refractivity (Wildman–Crippen MR) is 200 cm³/mol. The fourth-order valence-corrected chi connectivity index (χ4v) is 9.52. The number of anilines is 1. The van der Waals surface area contributed by atoms with Crippen LogP contribution in [0.5, 0.6) is 6.01 Å². The SMILES string of the molecule is N#CC[C@H]1CN(c2nc(OC[C@@]34CCCN3C[C@H](F)C4)nc3c(F)c(-c4cccc5cccc(F)c45)ncc23)CCN1C(=O)/C=C/CN1CC2CCC(C1)O2. The average Bonchev–Trinajstić information content (AvgIpc) is 3.84. The first-order valence-corrected chi connectivity index (χ1v) is 19.3. The Hall–Kier alpha value is -4.84. The Morgan fingerprint density at radius 1 is 1.05 bits per heavy atom. The van der Waals surface area contributed by atoms with E-state index in [0.717, 1.165) is 45.3 Å². The number of rotatable bonds is 9. The van der Waals surface area contributed by atoms with Gasteiger partial charge < -0.3 is 19.3 Å². The van der Waals surface area contributed by atoms with Gasteiger partial charge in [0.15, 0.2) is 5.82 Å². The summed E-state index contributed by atoms with van der Waals surface area (Å²) in [6.45, 7) is 4.55. The lowest BCUT2D eigenvalue weighted by Gasteiger charge is -2.41. The number of carbonyl (C=O) groups is 1. The van der Waals surface area contributed by atoms with Crippen molar-refractivity contribution in [2.75, 3.05) is 63.9 Å². The maximum atomic E-state index is 16.9. The van der Waals surface area contributed by atoms with Gasteiger partial charge in [0.2, 0.25) is 5.91 Å². The quantitative estimate of drug-likeness (QED) is 0.206. The van der Waals surface area contributed by atoms with Gasteiger partial charge in [-0.05, 0) is 43.7 Å². The molecule has 55 heavy (non-hydrogen) atoms. The molecule has 0 radical (unpaired) electrons. The molecule has 14 heteroatoms. The number of piperazine rings is 1. The van der Waals surface area contributed by atoms with Gasteiger partial charge in [-0.3, -0.25) is 19.6 Å². The molecule has 7 heterocycles. The number of ether oxygens (including phenoxy) is 2. The molecule has 0 saturated carbocycles. The Labute approximate surface area is 317 Å². The van der Waals surface area contributed by atoms with Crippen molar-refractivity contribution >= 4 is 33.4 Å². The molecular formula is C41H43F3N8O3. The molecule has 5 atom stereocenters. The highest BCUT2D eigenvalue weighted by Gasteiger charge is 2.49. The number of nitriles is 1. The van der Waals surface area contributed by atoms with E-state index in [-0.39, 0.29) is 65.9 Å². The van der Waals surface area contributed by atoms with Crippen molar-refractivity contribution in [1.29, 1.82) is 5.26 Å². The summed E-state index contributed by atoms with van der Waals surface area (Å²) >= 11 is 0. The summed E-state index contributed by atoms with van der Waals surface area (Å²) in [5, 5.41) is 11.0. The number of aromatic nitrogens is 3. The number of hydrogen-bond acceptors (Lipinski definition) is 10. The smallest absolute Gasteiger partial charge is 0.319 e. The second-order valence-electron chi connectivity index (χ2n) is 15.6. The number of carbonyl (C=O) groups excluding carboxylic acids is 1. The average molecular weight is 753 g/mol. The molecule has 4 aromatic rings. The lowest BCUT2D eigenvalue weighted by atomic mass is 9.95. The van der Waals surface area contributed by atoms with E-state index < -0.39 is 29.4 Å². The zero-order valence-electron chi connectivity index (χ0n) is 30.5. The number of morpholine rings is 1. The minimum atomic E-state index is -0.954. The molecule has 2 unspecified atom stereocenters. The van der Waals surface area contributed by atoms with Crippen LogP contribution in [0.25, 0.3) is 32.9 Å². The molecule has 2 aromatic carbocycles. The molecule has 2 bridgehead atoms. The molecule has 1 amide bonds. The van der Waals surface area contributed by atoms with Crippen LogP contribution in [0.15, 0.2) is 54.7 Å². The molecule has 5 aliphatic heterocycles. The highest BCUT2D eigenvalue weighted by molar-refractivity contribution is 5.99. The van der Waals surface area contributed by atoms with Gasteiger partial charge in [-0.25, -0.2) is 13.2 Å². The standard InChI is InChI=1S/C41H43F3N8O3/c42-27-19-41(13-4-16-51(41)21-27)25-54-40-47-38-32(20-46-37(36(38)44)31-7-1-5-26-6-2-8-33(43)35(26)31)39(48-40)50-17-18-52(28(22-50)12-14-45)34(53)9-3-15-49-23-29-10-11-30(24-49)55-29/h1-3,5-9,20,27-30H,4,10-13,15-19,21-25H2/b9-3+/t27-,28+,29?,30?,41+/m1/s1. The normalized spacial score (nSPS) is 27.0. The van der Waals surface area contributed by atoms with Crippen molar-refractivity contribution in [3.8, 4) is 23.3 Å². The van der Waals surface area contributed by atoms with Crippen molar-refractivity contribution < 1.29 is 27.4 Å². The number of pyridine rings is 1. The third-order valence-electron chi connectivity index (χ3n) is 12.1. The number of hydrogen-bond donors (Lipinski definition) is 0. The first kappa shape index (κ1) is 35.8. The van der Waals surface area contributed by atoms with Crippen LogP contribution in [0.2, 0.25) is 0 Å². The zero-order valence-corrected chi connectivity index (χ0v) is 30.5. The summed E-state index contributed by atoms with van der Waals surface area (Å²) in [6.07, 6.45) is 8.83. The van der Waals surface area contributed by atoms with Crippen LogP contribution in [-0.2, 0) is 9.53 Å². The second-order valence-corrected chi connectivity index (χ2v) is 15.6. The molecule has 11 nitrogen and oxygen atoms in total. The van der Waals surface area contributed by atoms with Gasteiger partial charge in [0, 0.05) is 75.5 Å². The van der Waals surface area contributed by atoms with E-state index in [4.69, 9.17) is 14.5 Å². The van der Waals surface area contributed by atoms with E-state index in [9.17, 15) is 14.4 Å². The van der Waals surface area contributed by atoms with Crippen molar-refractivity contribution in [3.05, 3.63) is 66.4 Å². The van der Waals surface area contributed by atoms with Crippen LogP contribution >= 0.6 is 0 Å². The van der Waals surface area contributed by atoms with Crippen LogP contribution in [0.3, 0.4) is 0 Å². The molecule has 0 aliphatic carbocycles. The summed E-state index contributed by atoms with van der Waals surface area (Å²) < 4.78 is 58.9. The Morgan fingerprint density at radius 3 is 2.69 bits per heavy atom. The van der Waals surface area contributed by atoms with E-state index in [1.807, 2.05) is 11.0 Å². The molecule has 2 aromatic heterocycles. The van der Waals surface area contributed by atoms with Gasteiger partial charge in [-0.1, -0.05) is 36.4 Å². The van der Waals surface area contributed by atoms with Gasteiger partial charge in [0.1, 0.15) is 35.6 Å². The van der Waals surface area contributed by atoms with E-state index >= 15 is 8.78 Å². The van der Waals surface area contributed by atoms with Crippen LogP contribution in [0.4, 0.5) is 19.0 Å². The number of alkyl halides is 1. The van der Waals surface area contributed by atoms with Crippen LogP contribution in [0.1, 0.15) is 38.5 Å². The zero-order chi connectivity index (χ0) is 37.7. The second kappa shape index (κ2) is 14.7. The van der Waals surface area contributed by atoms with Crippen LogP contribution < -0.4 is 9.64 Å². The van der Waals surface area contributed by atoms with Crippen molar-refractivity contribution in [2.24, 2.45) is 0 Å². The largest absolute Gasteiger partial charge is 0.461 e. The Bertz CT molecular complexity index is 2180. The van der Waals surface area contributed by atoms with Gasteiger partial charge in [0.25, 0.3) is 0 Å². The first-order valence-electron chi connectivity index (χ1n) is 19.3. The highest BCUT2D eigenvalue weighted by Crippen LogP contribution is 2.41. The molecule has 0 spiro atoms. The molecule has 0 N–H and O–H groups in total. The number of amides is 1. The molecule has 5 saturated heterocycles. The minimum absolute atomic E-state index is 0.0521. The number of benzene rings is 2. The van der Waals surface area contributed by atoms with Crippen LogP contribution in [-0.4, -0.2) is 124 Å². The fourth-order valence-electron chi connectivity index (χ4n) is 9.52. The molecular weight excluding hydrogens is 709 g/mol. The van der Waals surface area contributed by atoms with Gasteiger partial charge >= 0.3 is 6.01 Å². The maximum absolute atomic E-state index is 16.9. The van der Waals surface area contributed by atoms with E-state index in [1.54, 1.807) is 41.3 Å². The molecule has 5 fully saturated rings. The van der Waals surface area contributed by atoms with Gasteiger partial charge in [-0.2, -0.15) is 15.2 Å². The number of likely N-dealkylation sites (tertiary alicyclic amines) is 1. The highest BCUT2D eigenvalue weighted by atomic mass is 19.1. The number of fused-ring (bicyclic) bond motifs is 5. The summed E-state index contributed by atoms with van der Waals surface area (Å²) in [4.78, 5) is 35.5. The Kier molecular flexibility index (Phi) is 9.56. The first-order chi connectivity index (χ1) is 26.8. The summed E-state index contributed by atoms with van der Waals surface area (Å²) in [7, 11) is 0. The van der Waals surface area contributed by atoms with Gasteiger partial charge in [0.05, 0.1) is 41.7 Å². The van der Waals surface area contributed by atoms with E-state index in [0.29, 0.717) is 49.2 Å². The third-order valence-corrected chi connectivity index (χ3v) is 12.1. The Balaban J connectivity index is 1.03. The minimum Gasteiger partial charge on any atom is -0.461 e. The summed E-state index contributed by atoms with van der Waals surface area (Å²) in [5.41, 5.74) is -0.319. The van der Waals surface area contributed by atoms with Crippen molar-refractivity contribution in [1.82, 2.24) is 29.7 Å². The van der Waals surface area contributed by atoms with Crippen molar-refractivity contribution in [3.63, 3.8) is 0 Å². The molecule has 9 rings (SSSR count). The third kappa shape index (κ3) is 6.76. The maximum Gasteiger partial charge on any atom is 0.319 e. The fraction of sp³-hybridized carbons (Fsp3) is 0.488.